The molecule has 0 bridgehead atoms. The van der Waals surface area contributed by atoms with Crippen LogP contribution in [0.1, 0.15) is 117 Å². The van der Waals surface area contributed by atoms with Gasteiger partial charge in [-0.25, -0.2) is 8.42 Å². The van der Waals surface area contributed by atoms with Crippen molar-refractivity contribution in [3.63, 3.8) is 0 Å². The van der Waals surface area contributed by atoms with Crippen LogP contribution in [-0.4, -0.2) is 29.4 Å². The van der Waals surface area contributed by atoms with Crippen LogP contribution in [0.4, 0.5) is 0 Å². The van der Waals surface area contributed by atoms with Gasteiger partial charge in [0.25, 0.3) is 0 Å². The maximum Gasteiger partial charge on any atom is 1.00 e. The molecule has 0 radical (unpaired) electrons. The summed E-state index contributed by atoms with van der Waals surface area (Å²) in [7, 11) is -4.10. The Morgan fingerprint density at radius 1 is 0.731 bits per heavy atom. The molecule has 0 heterocycles. The van der Waals surface area contributed by atoms with Gasteiger partial charge in [0.15, 0.2) is 0 Å². The molecule has 2 atom stereocenters. The summed E-state index contributed by atoms with van der Waals surface area (Å²) in [5.74, 6) is 0. The number of unbranched alkanes of at least 4 members (excludes halogenated alkanes) is 10. The number of rotatable bonds is 18. The summed E-state index contributed by atoms with van der Waals surface area (Å²) in [6.07, 6.45) is 16.9. The molecule has 0 amide bonds. The second kappa shape index (κ2) is 19.2. The van der Waals surface area contributed by atoms with Crippen LogP contribution in [-0.2, 0) is 10.1 Å². The van der Waals surface area contributed by atoms with E-state index < -0.39 is 15.4 Å². The molecule has 0 fully saturated rings. The van der Waals surface area contributed by atoms with Crippen molar-refractivity contribution in [3.05, 3.63) is 0 Å². The monoisotopic (exact) mass is 400 g/mol. The Hall–Kier alpha value is 0.870. The van der Waals surface area contributed by atoms with Gasteiger partial charge in [-0.2, -0.15) is 0 Å². The molecule has 0 saturated carbocycles. The molecule has 0 aliphatic carbocycles. The normalized spacial score (nSPS) is 14.0. The average molecular weight is 401 g/mol. The zero-order chi connectivity index (χ0) is 19.0. The molecule has 0 aromatic heterocycles. The van der Waals surface area contributed by atoms with Gasteiger partial charge in [0.1, 0.15) is 0 Å². The van der Waals surface area contributed by atoms with E-state index in [1.807, 2.05) is 0 Å². The van der Waals surface area contributed by atoms with Gasteiger partial charge in [-0.1, -0.05) is 90.9 Å². The van der Waals surface area contributed by atoms with E-state index in [-0.39, 0.29) is 35.7 Å². The van der Waals surface area contributed by atoms with Gasteiger partial charge >= 0.3 is 29.6 Å². The van der Waals surface area contributed by atoms with E-state index in [0.717, 1.165) is 44.9 Å². The second-order valence-corrected chi connectivity index (χ2v) is 9.08. The Morgan fingerprint density at radius 3 is 1.46 bits per heavy atom. The van der Waals surface area contributed by atoms with Crippen LogP contribution in [0.3, 0.4) is 0 Å². The molecular weight excluding hydrogens is 359 g/mol. The van der Waals surface area contributed by atoms with Gasteiger partial charge in [-0.15, -0.1) is 0 Å². The Labute approximate surface area is 185 Å². The van der Waals surface area contributed by atoms with Crippen molar-refractivity contribution in [2.24, 2.45) is 0 Å². The minimum Gasteiger partial charge on any atom is -0.748 e. The summed E-state index contributed by atoms with van der Waals surface area (Å²) >= 11 is 0. The molecule has 2 unspecified atom stereocenters. The van der Waals surface area contributed by atoms with Crippen LogP contribution in [0.2, 0.25) is 0 Å². The zero-order valence-electron chi connectivity index (χ0n) is 17.5. The minimum atomic E-state index is -4.10. The molecule has 26 heavy (non-hydrogen) atoms. The summed E-state index contributed by atoms with van der Waals surface area (Å²) in [6.45, 7) is 3.88. The number of aliphatic hydroxyl groups excluding tert-OH is 1. The third-order valence-electron chi connectivity index (χ3n) is 5.05. The number of hydrogen-bond acceptors (Lipinski definition) is 4. The van der Waals surface area contributed by atoms with Crippen LogP contribution in [0, 0.1) is 0 Å². The molecule has 0 aliphatic heterocycles. The summed E-state index contributed by atoms with van der Waals surface area (Å²) in [5.41, 5.74) is 0. The Bertz CT molecular complexity index is 387. The van der Waals surface area contributed by atoms with Crippen molar-refractivity contribution in [3.8, 4) is 0 Å². The molecule has 152 valence electrons. The molecule has 0 aromatic carbocycles. The van der Waals surface area contributed by atoms with Crippen LogP contribution < -0.4 is 29.6 Å². The first-order valence-electron chi connectivity index (χ1n) is 10.5. The molecule has 4 nitrogen and oxygen atoms in total. The summed E-state index contributed by atoms with van der Waals surface area (Å²) in [5, 5.41) is 8.96. The van der Waals surface area contributed by atoms with Crippen LogP contribution in [0.5, 0.6) is 0 Å². The summed E-state index contributed by atoms with van der Waals surface area (Å²) < 4.78 is 33.0. The van der Waals surface area contributed by atoms with Gasteiger partial charge in [0.05, 0.1) is 16.2 Å². The van der Waals surface area contributed by atoms with E-state index in [2.05, 4.69) is 6.92 Å². The van der Waals surface area contributed by atoms with Gasteiger partial charge < -0.3 is 9.66 Å². The molecule has 6 heteroatoms. The largest absolute Gasteiger partial charge is 1.00 e. The van der Waals surface area contributed by atoms with E-state index >= 15 is 0 Å². The van der Waals surface area contributed by atoms with E-state index in [1.165, 1.54) is 44.9 Å². The second-order valence-electron chi connectivity index (χ2n) is 7.43. The minimum absolute atomic E-state index is 0. The SMILES string of the molecule is CCCC(O)CCCCCCCCCCCCCC(CC)S(=O)(=O)[O-].[Na+]. The molecular formula is C20H41NaO4S. The maximum absolute atomic E-state index is 11.0. The molecule has 0 saturated heterocycles. The average Bonchev–Trinajstić information content (AvgIpc) is 2.54. The van der Waals surface area contributed by atoms with Gasteiger partial charge in [0, 0.05) is 5.25 Å². The van der Waals surface area contributed by atoms with E-state index in [1.54, 1.807) is 6.92 Å². The summed E-state index contributed by atoms with van der Waals surface area (Å²) in [4.78, 5) is 0. The van der Waals surface area contributed by atoms with Crippen LogP contribution in [0.15, 0.2) is 0 Å². The maximum atomic E-state index is 11.0. The Kier molecular flexibility index (Phi) is 21.5. The molecule has 0 rings (SSSR count). The molecule has 0 aromatic rings. The fourth-order valence-corrected chi connectivity index (χ4v) is 4.24. The molecule has 1 N–H and O–H groups in total. The fourth-order valence-electron chi connectivity index (χ4n) is 3.37. The van der Waals surface area contributed by atoms with Crippen molar-refractivity contribution in [2.45, 2.75) is 128 Å². The first kappa shape index (κ1) is 29.1. The van der Waals surface area contributed by atoms with Crippen molar-refractivity contribution in [1.29, 1.82) is 0 Å². The first-order valence-corrected chi connectivity index (χ1v) is 12.0. The van der Waals surface area contributed by atoms with Gasteiger partial charge in [-0.3, -0.25) is 0 Å². The standard InChI is InChI=1S/C20H42O4S.Na/c1-3-16-19(21)17-14-12-10-8-6-5-7-9-11-13-15-18-20(4-2)25(22,23)24;/h19-21H,3-18H2,1-2H3,(H,22,23,24);/q;+1/p-1. The smallest absolute Gasteiger partial charge is 0.748 e. The Morgan fingerprint density at radius 2 is 1.12 bits per heavy atom. The van der Waals surface area contributed by atoms with Crippen molar-refractivity contribution in [2.75, 3.05) is 0 Å². The van der Waals surface area contributed by atoms with E-state index in [4.69, 9.17) is 0 Å². The van der Waals surface area contributed by atoms with Crippen molar-refractivity contribution in [1.82, 2.24) is 0 Å². The quantitative estimate of drug-likeness (QED) is 0.218. The Balaban J connectivity index is 0. The fraction of sp³-hybridized carbons (Fsp3) is 1.00. The topological polar surface area (TPSA) is 77.4 Å². The zero-order valence-corrected chi connectivity index (χ0v) is 20.4. The summed E-state index contributed by atoms with van der Waals surface area (Å²) in [6, 6.07) is 0. The number of hydrogen-bond donors (Lipinski definition) is 1. The van der Waals surface area contributed by atoms with Gasteiger partial charge in [-0.05, 0) is 25.7 Å². The molecule has 0 spiro atoms. The van der Waals surface area contributed by atoms with Crippen LogP contribution >= 0.6 is 0 Å². The van der Waals surface area contributed by atoms with E-state index in [9.17, 15) is 18.1 Å². The third kappa shape index (κ3) is 18.2. The van der Waals surface area contributed by atoms with Crippen molar-refractivity contribution >= 4 is 10.1 Å². The predicted octanol–water partition coefficient (Wildman–Crippen LogP) is 2.55. The predicted molar refractivity (Wildman–Crippen MR) is 105 cm³/mol. The van der Waals surface area contributed by atoms with Gasteiger partial charge in [0.2, 0.25) is 0 Å². The van der Waals surface area contributed by atoms with Crippen LogP contribution in [0.25, 0.3) is 0 Å². The first-order chi connectivity index (χ1) is 11.9. The molecule has 0 aliphatic rings. The third-order valence-corrected chi connectivity index (χ3v) is 6.43. The van der Waals surface area contributed by atoms with Crippen molar-refractivity contribution < 1.29 is 47.6 Å². The van der Waals surface area contributed by atoms with E-state index in [0.29, 0.717) is 12.8 Å². The number of aliphatic hydroxyl groups is 1.